The van der Waals surface area contributed by atoms with E-state index < -0.39 is 29.4 Å². The number of imide groups is 1. The Bertz CT molecular complexity index is 1500. The molecule has 1 saturated heterocycles. The predicted octanol–water partition coefficient (Wildman–Crippen LogP) is 5.72. The van der Waals surface area contributed by atoms with Gasteiger partial charge in [0.25, 0.3) is 11.1 Å². The minimum Gasteiger partial charge on any atom is -0.493 e. The largest absolute Gasteiger partial charge is 0.493 e. The number of nitrogens with zero attached hydrogens (tertiary/aromatic N) is 2. The van der Waals surface area contributed by atoms with Gasteiger partial charge in [-0.2, -0.15) is 5.26 Å². The lowest BCUT2D eigenvalue weighted by Gasteiger charge is -2.14. The summed E-state index contributed by atoms with van der Waals surface area (Å²) in [6.07, 6.45) is 1.51. The highest BCUT2D eigenvalue weighted by Crippen LogP contribution is 2.39. The molecule has 0 saturated carbocycles. The standard InChI is InChI=1S/C27H19BrFN3O5S/c1-36-22-10-16(9-21(28)25(22)37-15-18-6-3-2-5-17(18)13-30)11-23-26(34)32(27(35)38-23)14-24(33)31-20-8-4-7-19(29)12-20/h2-12H,14-15H2,1H3,(H,31,33)/b23-11+. The number of hydrogen-bond donors (Lipinski definition) is 1. The van der Waals surface area contributed by atoms with E-state index in [0.29, 0.717) is 44.4 Å². The van der Waals surface area contributed by atoms with Gasteiger partial charge in [-0.25, -0.2) is 4.39 Å². The SMILES string of the molecule is COc1cc(/C=C2/SC(=O)N(CC(=O)Nc3cccc(F)c3)C2=O)cc(Br)c1OCc1ccccc1C#N. The number of carbonyl (C=O) groups is 3. The molecule has 0 radical (unpaired) electrons. The number of amides is 3. The van der Waals surface area contributed by atoms with E-state index in [4.69, 9.17) is 9.47 Å². The first-order chi connectivity index (χ1) is 18.3. The van der Waals surface area contributed by atoms with Crippen molar-refractivity contribution in [2.24, 2.45) is 0 Å². The van der Waals surface area contributed by atoms with E-state index in [9.17, 15) is 24.0 Å². The molecule has 1 fully saturated rings. The van der Waals surface area contributed by atoms with Gasteiger partial charge in [0.2, 0.25) is 5.91 Å². The van der Waals surface area contributed by atoms with Gasteiger partial charge in [-0.05, 0) is 75.7 Å². The number of ether oxygens (including phenoxy) is 2. The van der Waals surface area contributed by atoms with Gasteiger partial charge >= 0.3 is 0 Å². The van der Waals surface area contributed by atoms with Gasteiger partial charge in [0.05, 0.1) is 28.1 Å². The molecular weight excluding hydrogens is 577 g/mol. The first-order valence-corrected chi connectivity index (χ1v) is 12.7. The summed E-state index contributed by atoms with van der Waals surface area (Å²) in [5.74, 6) is -1.02. The quantitative estimate of drug-likeness (QED) is 0.331. The van der Waals surface area contributed by atoms with E-state index in [2.05, 4.69) is 27.3 Å². The molecule has 38 heavy (non-hydrogen) atoms. The Kier molecular flexibility index (Phi) is 8.45. The fraction of sp³-hybridized carbons (Fsp3) is 0.111. The zero-order chi connectivity index (χ0) is 27.2. The third-order valence-electron chi connectivity index (χ3n) is 5.34. The molecule has 0 aliphatic carbocycles. The summed E-state index contributed by atoms with van der Waals surface area (Å²) >= 11 is 4.16. The van der Waals surface area contributed by atoms with E-state index in [1.807, 2.05) is 6.07 Å². The topological polar surface area (TPSA) is 109 Å². The number of rotatable bonds is 8. The van der Waals surface area contributed by atoms with Crippen LogP contribution in [0, 0.1) is 17.1 Å². The summed E-state index contributed by atoms with van der Waals surface area (Å²) in [6, 6.07) is 17.8. The lowest BCUT2D eigenvalue weighted by Crippen LogP contribution is -2.36. The molecule has 0 aromatic heterocycles. The number of nitrogens with one attached hydrogen (secondary N) is 1. The first kappa shape index (κ1) is 26.9. The maximum absolute atomic E-state index is 13.4. The van der Waals surface area contributed by atoms with Gasteiger partial charge in [0.15, 0.2) is 11.5 Å². The zero-order valence-electron chi connectivity index (χ0n) is 19.9. The van der Waals surface area contributed by atoms with Gasteiger partial charge in [-0.1, -0.05) is 24.3 Å². The van der Waals surface area contributed by atoms with Crippen LogP contribution >= 0.6 is 27.7 Å². The van der Waals surface area contributed by atoms with Crippen LogP contribution in [-0.2, 0) is 16.2 Å². The number of benzene rings is 3. The van der Waals surface area contributed by atoms with Crippen LogP contribution in [0.25, 0.3) is 6.08 Å². The molecule has 8 nitrogen and oxygen atoms in total. The molecule has 0 unspecified atom stereocenters. The fourth-order valence-electron chi connectivity index (χ4n) is 3.57. The minimum atomic E-state index is -0.636. The molecule has 3 aromatic rings. The Morgan fingerprint density at radius 1 is 1.18 bits per heavy atom. The molecule has 1 aliphatic heterocycles. The van der Waals surface area contributed by atoms with Crippen LogP contribution in [0.1, 0.15) is 16.7 Å². The second-order valence-electron chi connectivity index (χ2n) is 7.92. The highest BCUT2D eigenvalue weighted by atomic mass is 79.9. The molecule has 1 aliphatic rings. The van der Waals surface area contributed by atoms with E-state index >= 15 is 0 Å². The van der Waals surface area contributed by atoms with E-state index in [1.54, 1.807) is 30.3 Å². The average molecular weight is 596 g/mol. The highest BCUT2D eigenvalue weighted by molar-refractivity contribution is 9.10. The van der Waals surface area contributed by atoms with Crippen molar-refractivity contribution < 1.29 is 28.2 Å². The van der Waals surface area contributed by atoms with Crippen molar-refractivity contribution in [3.63, 3.8) is 0 Å². The van der Waals surface area contributed by atoms with E-state index in [-0.39, 0.29) is 17.2 Å². The molecule has 3 aromatic carbocycles. The van der Waals surface area contributed by atoms with Gasteiger partial charge in [-0.3, -0.25) is 19.3 Å². The number of hydrogen-bond acceptors (Lipinski definition) is 7. The fourth-order valence-corrected chi connectivity index (χ4v) is 4.98. The summed E-state index contributed by atoms with van der Waals surface area (Å²) in [5, 5.41) is 11.2. The lowest BCUT2D eigenvalue weighted by molar-refractivity contribution is -0.127. The lowest BCUT2D eigenvalue weighted by atomic mass is 10.1. The van der Waals surface area contributed by atoms with Crippen LogP contribution in [0.2, 0.25) is 0 Å². The third kappa shape index (κ3) is 6.22. The molecular formula is C27H19BrFN3O5S. The molecule has 1 heterocycles. The Labute approximate surface area is 230 Å². The van der Waals surface area contributed by atoms with Crippen LogP contribution in [-0.4, -0.2) is 35.6 Å². The maximum atomic E-state index is 13.4. The summed E-state index contributed by atoms with van der Waals surface area (Å²) in [6.45, 7) is -0.378. The third-order valence-corrected chi connectivity index (χ3v) is 6.84. The molecule has 11 heteroatoms. The number of methoxy groups -OCH3 is 1. The van der Waals surface area contributed by atoms with Crippen LogP contribution in [0.4, 0.5) is 14.9 Å². The normalized spacial score (nSPS) is 13.9. The van der Waals surface area contributed by atoms with Crippen molar-refractivity contribution in [2.45, 2.75) is 6.61 Å². The van der Waals surface area contributed by atoms with E-state index in [1.165, 1.54) is 31.4 Å². The molecule has 1 N–H and O–H groups in total. The van der Waals surface area contributed by atoms with Crippen molar-refractivity contribution in [2.75, 3.05) is 19.0 Å². The van der Waals surface area contributed by atoms with Crippen molar-refractivity contribution in [1.82, 2.24) is 4.90 Å². The zero-order valence-corrected chi connectivity index (χ0v) is 22.3. The monoisotopic (exact) mass is 595 g/mol. The average Bonchev–Trinajstić information content (AvgIpc) is 3.15. The second-order valence-corrected chi connectivity index (χ2v) is 9.77. The molecule has 0 spiro atoms. The summed E-state index contributed by atoms with van der Waals surface area (Å²) < 4.78 is 25.3. The molecule has 0 bridgehead atoms. The van der Waals surface area contributed by atoms with Crippen molar-refractivity contribution in [3.05, 3.63) is 92.5 Å². The minimum absolute atomic E-state index is 0.124. The van der Waals surface area contributed by atoms with Gasteiger partial charge in [-0.15, -0.1) is 0 Å². The van der Waals surface area contributed by atoms with Crippen LogP contribution < -0.4 is 14.8 Å². The Hall–Kier alpha value is -4.14. The summed E-state index contributed by atoms with van der Waals surface area (Å²) in [7, 11) is 1.47. The molecule has 4 rings (SSSR count). The van der Waals surface area contributed by atoms with E-state index in [0.717, 1.165) is 11.0 Å². The number of nitriles is 1. The maximum Gasteiger partial charge on any atom is 0.294 e. The van der Waals surface area contributed by atoms with Gasteiger partial charge in [0, 0.05) is 11.3 Å². The van der Waals surface area contributed by atoms with Gasteiger partial charge < -0.3 is 14.8 Å². The molecule has 0 atom stereocenters. The second kappa shape index (κ2) is 11.9. The van der Waals surface area contributed by atoms with Crippen molar-refractivity contribution in [3.8, 4) is 17.6 Å². The van der Waals surface area contributed by atoms with Gasteiger partial charge in [0.1, 0.15) is 19.0 Å². The smallest absolute Gasteiger partial charge is 0.294 e. The molecule has 3 amide bonds. The summed E-state index contributed by atoms with van der Waals surface area (Å²) in [5.41, 5.74) is 1.98. The molecule has 192 valence electrons. The van der Waals surface area contributed by atoms with Crippen molar-refractivity contribution in [1.29, 1.82) is 5.26 Å². The Morgan fingerprint density at radius 2 is 1.97 bits per heavy atom. The number of carbonyl (C=O) groups excluding carboxylic acids is 3. The highest BCUT2D eigenvalue weighted by Gasteiger charge is 2.36. The van der Waals surface area contributed by atoms with Crippen molar-refractivity contribution >= 4 is 56.5 Å². The first-order valence-electron chi connectivity index (χ1n) is 11.1. The number of thioether (sulfide) groups is 1. The van der Waals surface area contributed by atoms with Crippen LogP contribution in [0.3, 0.4) is 0 Å². The summed E-state index contributed by atoms with van der Waals surface area (Å²) in [4.78, 5) is 38.6. The Morgan fingerprint density at radius 3 is 2.71 bits per heavy atom. The number of halogens is 2. The van der Waals surface area contributed by atoms with Crippen LogP contribution in [0.5, 0.6) is 11.5 Å². The predicted molar refractivity (Wildman–Crippen MR) is 144 cm³/mol. The number of anilines is 1. The Balaban J connectivity index is 1.48. The van der Waals surface area contributed by atoms with Crippen LogP contribution in [0.15, 0.2) is 70.0 Å².